The van der Waals surface area contributed by atoms with Crippen molar-refractivity contribution in [2.75, 3.05) is 17.3 Å². The number of amides is 2. The molecule has 108 valence electrons. The number of hydrogen-bond donors (Lipinski definition) is 3. The van der Waals surface area contributed by atoms with Crippen LogP contribution in [0.25, 0.3) is 0 Å². The Morgan fingerprint density at radius 1 is 1.24 bits per heavy atom. The van der Waals surface area contributed by atoms with Crippen LogP contribution < -0.4 is 16.0 Å². The van der Waals surface area contributed by atoms with Crippen LogP contribution in [0, 0.1) is 11.2 Å². The highest BCUT2D eigenvalue weighted by molar-refractivity contribution is 6.02. The minimum absolute atomic E-state index is 0.0836. The lowest BCUT2D eigenvalue weighted by Crippen LogP contribution is -2.31. The van der Waals surface area contributed by atoms with E-state index in [1.807, 2.05) is 0 Å². The number of benzene rings is 2. The Morgan fingerprint density at radius 3 is 2.62 bits per heavy atom. The van der Waals surface area contributed by atoms with Crippen LogP contribution in [0.5, 0.6) is 0 Å². The van der Waals surface area contributed by atoms with E-state index in [-0.39, 0.29) is 11.5 Å². The van der Waals surface area contributed by atoms with Crippen molar-refractivity contribution in [3.63, 3.8) is 0 Å². The summed E-state index contributed by atoms with van der Waals surface area (Å²) in [5, 5.41) is 9.88. The highest BCUT2D eigenvalue weighted by Gasteiger charge is 2.13. The summed E-state index contributed by atoms with van der Waals surface area (Å²) in [5.41, 5.74) is 6.59. The van der Waals surface area contributed by atoms with Crippen molar-refractivity contribution in [2.45, 2.75) is 0 Å². The fourth-order valence-electron chi connectivity index (χ4n) is 1.76. The fourth-order valence-corrected chi connectivity index (χ4v) is 1.76. The number of hydrogen-bond acceptors (Lipinski definition) is 2. The van der Waals surface area contributed by atoms with E-state index >= 15 is 0 Å². The van der Waals surface area contributed by atoms with Gasteiger partial charge in [-0.05, 0) is 24.3 Å². The normalized spacial score (nSPS) is 10.0. The number of para-hydroxylation sites is 1. The van der Waals surface area contributed by atoms with Gasteiger partial charge in [-0.15, -0.1) is 0 Å². The molecule has 0 spiro atoms. The quantitative estimate of drug-likeness (QED) is 0.599. The predicted octanol–water partition coefficient (Wildman–Crippen LogP) is 2.78. The third kappa shape index (κ3) is 3.36. The lowest BCUT2D eigenvalue weighted by molar-refractivity contribution is 0.258. The van der Waals surface area contributed by atoms with Crippen LogP contribution in [0.4, 0.5) is 20.6 Å². The fraction of sp³-hybridized carbons (Fsp3) is 0.0667. The standard InChI is InChI=1S/C15H15FN4O/c1-20(11-6-4-5-10(9-11)14(17)18)15(21)19-13-8-3-2-7-12(13)16/h2-9H,1H3,(H3,17,18)(H,19,21). The van der Waals surface area contributed by atoms with Crippen molar-refractivity contribution in [1.82, 2.24) is 0 Å². The van der Waals surface area contributed by atoms with Crippen LogP contribution in [0.1, 0.15) is 5.56 Å². The summed E-state index contributed by atoms with van der Waals surface area (Å²) in [5.74, 6) is -0.587. The van der Waals surface area contributed by atoms with Gasteiger partial charge in [0.1, 0.15) is 11.7 Å². The molecule has 0 aliphatic heterocycles. The minimum Gasteiger partial charge on any atom is -0.384 e. The van der Waals surface area contributed by atoms with Crippen molar-refractivity contribution in [3.05, 3.63) is 59.9 Å². The van der Waals surface area contributed by atoms with Gasteiger partial charge in [0.05, 0.1) is 5.69 Å². The number of halogens is 1. The van der Waals surface area contributed by atoms with Crippen molar-refractivity contribution >= 4 is 23.2 Å². The third-order valence-corrected chi connectivity index (χ3v) is 2.96. The highest BCUT2D eigenvalue weighted by Crippen LogP contribution is 2.17. The number of nitrogens with two attached hydrogens (primary N) is 1. The lowest BCUT2D eigenvalue weighted by Gasteiger charge is -2.19. The molecule has 0 saturated carbocycles. The Balaban J connectivity index is 2.18. The van der Waals surface area contributed by atoms with E-state index in [0.717, 1.165) is 0 Å². The number of carbonyl (C=O) groups is 1. The van der Waals surface area contributed by atoms with E-state index in [2.05, 4.69) is 5.32 Å². The average molecular weight is 286 g/mol. The predicted molar refractivity (Wildman–Crippen MR) is 81.3 cm³/mol. The Bertz CT molecular complexity index is 687. The molecule has 0 saturated heterocycles. The molecule has 4 N–H and O–H groups in total. The van der Waals surface area contributed by atoms with Gasteiger partial charge in [-0.2, -0.15) is 0 Å². The summed E-state index contributed by atoms with van der Waals surface area (Å²) < 4.78 is 13.5. The van der Waals surface area contributed by atoms with Crippen LogP contribution in [0.15, 0.2) is 48.5 Å². The molecule has 2 amide bonds. The number of urea groups is 1. The van der Waals surface area contributed by atoms with E-state index < -0.39 is 11.8 Å². The minimum atomic E-state index is -0.503. The number of nitrogens with one attached hydrogen (secondary N) is 2. The Labute approximate surface area is 121 Å². The van der Waals surface area contributed by atoms with Crippen LogP contribution >= 0.6 is 0 Å². The van der Waals surface area contributed by atoms with Gasteiger partial charge in [0, 0.05) is 18.3 Å². The molecule has 0 radical (unpaired) electrons. The first-order valence-electron chi connectivity index (χ1n) is 6.22. The summed E-state index contributed by atoms with van der Waals surface area (Å²) >= 11 is 0. The molecule has 2 aromatic carbocycles. The molecular weight excluding hydrogens is 271 g/mol. The molecule has 6 heteroatoms. The number of nitrogens with zero attached hydrogens (tertiary/aromatic N) is 1. The van der Waals surface area contributed by atoms with E-state index in [1.165, 1.54) is 17.0 Å². The van der Waals surface area contributed by atoms with Gasteiger partial charge in [0.25, 0.3) is 0 Å². The smallest absolute Gasteiger partial charge is 0.326 e. The van der Waals surface area contributed by atoms with Gasteiger partial charge in [0.2, 0.25) is 0 Å². The molecular formula is C15H15FN4O. The second-order valence-electron chi connectivity index (χ2n) is 4.43. The van der Waals surface area contributed by atoms with Gasteiger partial charge in [-0.25, -0.2) is 9.18 Å². The van der Waals surface area contributed by atoms with Crippen molar-refractivity contribution < 1.29 is 9.18 Å². The summed E-state index contributed by atoms with van der Waals surface area (Å²) in [6, 6.07) is 12.1. The first kappa shape index (κ1) is 14.5. The number of amidine groups is 1. The molecule has 5 nitrogen and oxygen atoms in total. The van der Waals surface area contributed by atoms with Gasteiger partial charge in [-0.3, -0.25) is 10.3 Å². The summed E-state index contributed by atoms with van der Waals surface area (Å²) in [4.78, 5) is 13.4. The molecule has 2 rings (SSSR count). The molecule has 0 aliphatic carbocycles. The largest absolute Gasteiger partial charge is 0.384 e. The zero-order chi connectivity index (χ0) is 15.4. The van der Waals surface area contributed by atoms with Gasteiger partial charge in [0.15, 0.2) is 0 Å². The van der Waals surface area contributed by atoms with Crippen LogP contribution in [-0.4, -0.2) is 18.9 Å². The molecule has 21 heavy (non-hydrogen) atoms. The molecule has 0 atom stereocenters. The van der Waals surface area contributed by atoms with Gasteiger partial charge < -0.3 is 11.1 Å². The first-order valence-corrected chi connectivity index (χ1v) is 6.22. The maximum absolute atomic E-state index is 13.5. The van der Waals surface area contributed by atoms with Crippen LogP contribution in [0.2, 0.25) is 0 Å². The third-order valence-electron chi connectivity index (χ3n) is 2.96. The molecule has 0 aliphatic rings. The molecule has 0 bridgehead atoms. The highest BCUT2D eigenvalue weighted by atomic mass is 19.1. The second kappa shape index (κ2) is 6.04. The Kier molecular flexibility index (Phi) is 4.18. The van der Waals surface area contributed by atoms with Crippen molar-refractivity contribution in [1.29, 1.82) is 5.41 Å². The van der Waals surface area contributed by atoms with E-state index in [9.17, 15) is 9.18 Å². The SMILES string of the molecule is CN(C(=O)Nc1ccccc1F)c1cccc(C(=N)N)c1. The zero-order valence-electron chi connectivity index (χ0n) is 11.4. The van der Waals surface area contributed by atoms with Gasteiger partial charge in [-0.1, -0.05) is 24.3 Å². The summed E-state index contributed by atoms with van der Waals surface area (Å²) in [6.45, 7) is 0. The molecule has 0 unspecified atom stereocenters. The summed E-state index contributed by atoms with van der Waals surface area (Å²) in [7, 11) is 1.55. The monoisotopic (exact) mass is 286 g/mol. The molecule has 0 fully saturated rings. The maximum atomic E-state index is 13.5. The molecule has 2 aromatic rings. The molecule has 0 aromatic heterocycles. The topological polar surface area (TPSA) is 82.2 Å². The number of nitrogen functional groups attached to an aromatic ring is 1. The van der Waals surface area contributed by atoms with Crippen molar-refractivity contribution in [2.24, 2.45) is 5.73 Å². The Hall–Kier alpha value is -2.89. The van der Waals surface area contributed by atoms with Crippen LogP contribution in [-0.2, 0) is 0 Å². The second-order valence-corrected chi connectivity index (χ2v) is 4.43. The summed E-state index contributed by atoms with van der Waals surface area (Å²) in [6.07, 6.45) is 0. The number of rotatable bonds is 3. The van der Waals surface area contributed by atoms with Gasteiger partial charge >= 0.3 is 6.03 Å². The average Bonchev–Trinajstić information content (AvgIpc) is 2.49. The molecule has 0 heterocycles. The van der Waals surface area contributed by atoms with Crippen molar-refractivity contribution in [3.8, 4) is 0 Å². The number of carbonyl (C=O) groups excluding carboxylic acids is 1. The first-order chi connectivity index (χ1) is 9.99. The maximum Gasteiger partial charge on any atom is 0.326 e. The van der Waals surface area contributed by atoms with E-state index in [4.69, 9.17) is 11.1 Å². The van der Waals surface area contributed by atoms with E-state index in [0.29, 0.717) is 11.3 Å². The zero-order valence-corrected chi connectivity index (χ0v) is 11.4. The lowest BCUT2D eigenvalue weighted by atomic mass is 10.2. The number of anilines is 2. The van der Waals surface area contributed by atoms with Crippen LogP contribution in [0.3, 0.4) is 0 Å². The Morgan fingerprint density at radius 2 is 1.95 bits per heavy atom. The van der Waals surface area contributed by atoms with E-state index in [1.54, 1.807) is 43.4 Å².